The van der Waals surface area contributed by atoms with E-state index in [0.717, 1.165) is 12.8 Å². The molecule has 5 atom stereocenters. The predicted octanol–water partition coefficient (Wildman–Crippen LogP) is 4.66. The quantitative estimate of drug-likeness (QED) is 0.292. The van der Waals surface area contributed by atoms with Crippen LogP contribution in [0.15, 0.2) is 84.9 Å². The summed E-state index contributed by atoms with van der Waals surface area (Å²) in [7, 11) is 0. The van der Waals surface area contributed by atoms with E-state index in [0.29, 0.717) is 11.3 Å². The second-order valence-electron chi connectivity index (χ2n) is 9.89. The van der Waals surface area contributed by atoms with Crippen molar-refractivity contribution in [1.29, 1.82) is 0 Å². The Balaban J connectivity index is 1.19. The maximum atomic E-state index is 13.6. The van der Waals surface area contributed by atoms with Crippen LogP contribution in [-0.2, 0) is 14.3 Å². The number of nitrogens with zero attached hydrogens (tertiary/aromatic N) is 1. The lowest BCUT2D eigenvalue weighted by Gasteiger charge is -2.28. The van der Waals surface area contributed by atoms with Crippen LogP contribution < -0.4 is 4.90 Å². The maximum Gasteiger partial charge on any atom is 0.338 e. The number of esters is 1. The van der Waals surface area contributed by atoms with Crippen LogP contribution >= 0.6 is 0 Å². The van der Waals surface area contributed by atoms with E-state index in [1.165, 1.54) is 16.5 Å². The van der Waals surface area contributed by atoms with Crippen molar-refractivity contribution < 1.29 is 23.9 Å². The third kappa shape index (κ3) is 3.65. The van der Waals surface area contributed by atoms with E-state index in [9.17, 15) is 19.2 Å². The number of imide groups is 1. The highest BCUT2D eigenvalue weighted by Gasteiger charge is 2.64. The second kappa shape index (κ2) is 8.86. The lowest BCUT2D eigenvalue weighted by Crippen LogP contribution is -2.33. The molecule has 1 saturated heterocycles. The summed E-state index contributed by atoms with van der Waals surface area (Å²) in [6.07, 6.45) is 1.83. The van der Waals surface area contributed by atoms with Crippen molar-refractivity contribution in [2.75, 3.05) is 11.5 Å². The summed E-state index contributed by atoms with van der Waals surface area (Å²) in [6.45, 7) is -0.386. The first kappa shape index (κ1) is 22.4. The molecule has 3 aromatic rings. The van der Waals surface area contributed by atoms with Crippen LogP contribution in [0.4, 0.5) is 5.69 Å². The average Bonchev–Trinajstić information content (AvgIpc) is 3.59. The van der Waals surface area contributed by atoms with Crippen molar-refractivity contribution in [3.8, 4) is 0 Å². The number of fused-ring (bicyclic) bond motifs is 5. The predicted molar refractivity (Wildman–Crippen MR) is 132 cm³/mol. The van der Waals surface area contributed by atoms with Crippen LogP contribution in [0.1, 0.15) is 45.0 Å². The van der Waals surface area contributed by atoms with Gasteiger partial charge >= 0.3 is 5.97 Å². The number of rotatable bonds is 6. The largest absolute Gasteiger partial charge is 0.454 e. The van der Waals surface area contributed by atoms with Gasteiger partial charge in [0.25, 0.3) is 0 Å². The fraction of sp³-hybridized carbons (Fsp3) is 0.267. The highest BCUT2D eigenvalue weighted by molar-refractivity contribution is 6.23. The van der Waals surface area contributed by atoms with Crippen LogP contribution in [0.5, 0.6) is 0 Å². The molecule has 180 valence electrons. The summed E-state index contributed by atoms with van der Waals surface area (Å²) < 4.78 is 5.22. The summed E-state index contributed by atoms with van der Waals surface area (Å²) in [5.74, 6) is -1.30. The van der Waals surface area contributed by atoms with E-state index in [4.69, 9.17) is 4.74 Å². The van der Waals surface area contributed by atoms with Crippen molar-refractivity contribution in [3.05, 3.63) is 102 Å². The molecule has 2 aliphatic carbocycles. The second-order valence-corrected chi connectivity index (χ2v) is 9.89. The third-order valence-electron chi connectivity index (χ3n) is 8.01. The van der Waals surface area contributed by atoms with Gasteiger partial charge in [0, 0.05) is 5.56 Å². The van der Waals surface area contributed by atoms with Crippen molar-refractivity contribution in [2.45, 2.75) is 18.8 Å². The van der Waals surface area contributed by atoms with Crippen molar-refractivity contribution >= 4 is 29.3 Å². The van der Waals surface area contributed by atoms with Crippen LogP contribution in [0.25, 0.3) is 0 Å². The van der Waals surface area contributed by atoms with E-state index in [2.05, 4.69) is 12.1 Å². The Kier molecular flexibility index (Phi) is 5.52. The first-order chi connectivity index (χ1) is 17.5. The monoisotopic (exact) mass is 479 g/mol. The van der Waals surface area contributed by atoms with Crippen molar-refractivity contribution in [3.63, 3.8) is 0 Å². The Morgan fingerprint density at radius 2 is 1.44 bits per heavy atom. The third-order valence-corrected chi connectivity index (χ3v) is 8.01. The summed E-state index contributed by atoms with van der Waals surface area (Å²) in [5.41, 5.74) is 2.26. The molecular weight excluding hydrogens is 454 g/mol. The van der Waals surface area contributed by atoms with Crippen molar-refractivity contribution in [2.24, 2.45) is 23.7 Å². The van der Waals surface area contributed by atoms with E-state index in [-0.39, 0.29) is 59.4 Å². The molecule has 2 saturated carbocycles. The SMILES string of the molecule is O=C(COC(=O)c1cccc(N2C(=O)[C@H]3[C@H]4C[C@@H]([C@@H]3C2=O)[C@H](c2ccccc2)C4)c1)c1ccccc1. The molecule has 2 bridgehead atoms. The highest BCUT2D eigenvalue weighted by Crippen LogP contribution is 2.61. The molecule has 3 aliphatic rings. The van der Waals surface area contributed by atoms with E-state index in [1.807, 2.05) is 18.2 Å². The molecule has 0 spiro atoms. The van der Waals surface area contributed by atoms with Gasteiger partial charge in [-0.2, -0.15) is 0 Å². The number of ether oxygens (including phenoxy) is 1. The molecule has 0 N–H and O–H groups in total. The zero-order valence-corrected chi connectivity index (χ0v) is 19.6. The Morgan fingerprint density at radius 3 is 2.19 bits per heavy atom. The van der Waals surface area contributed by atoms with E-state index >= 15 is 0 Å². The number of hydrogen-bond donors (Lipinski definition) is 0. The molecule has 6 rings (SSSR count). The number of anilines is 1. The maximum absolute atomic E-state index is 13.6. The Morgan fingerprint density at radius 1 is 0.778 bits per heavy atom. The summed E-state index contributed by atoms with van der Waals surface area (Å²) >= 11 is 0. The first-order valence-electron chi connectivity index (χ1n) is 12.3. The van der Waals surface area contributed by atoms with Gasteiger partial charge in [-0.15, -0.1) is 0 Å². The van der Waals surface area contributed by atoms with Gasteiger partial charge in [-0.05, 0) is 54.4 Å². The first-order valence-corrected chi connectivity index (χ1v) is 12.3. The minimum absolute atomic E-state index is 0.154. The molecule has 3 aromatic carbocycles. The minimum atomic E-state index is -0.676. The molecule has 36 heavy (non-hydrogen) atoms. The van der Waals surface area contributed by atoms with E-state index in [1.54, 1.807) is 48.5 Å². The average molecular weight is 480 g/mol. The smallest absolute Gasteiger partial charge is 0.338 e. The van der Waals surface area contributed by atoms with Gasteiger partial charge in [0.2, 0.25) is 11.8 Å². The van der Waals surface area contributed by atoms with Gasteiger partial charge < -0.3 is 4.74 Å². The Bertz CT molecular complexity index is 1350. The molecule has 0 unspecified atom stereocenters. The molecule has 1 heterocycles. The van der Waals surface area contributed by atoms with Gasteiger partial charge in [0.1, 0.15) is 0 Å². The van der Waals surface area contributed by atoms with Crippen LogP contribution in [-0.4, -0.2) is 30.2 Å². The fourth-order valence-corrected chi connectivity index (χ4v) is 6.49. The zero-order chi connectivity index (χ0) is 24.8. The number of hydrogen-bond acceptors (Lipinski definition) is 5. The molecule has 2 amide bonds. The minimum Gasteiger partial charge on any atom is -0.454 e. The Hall–Kier alpha value is -4.06. The van der Waals surface area contributed by atoms with Crippen molar-refractivity contribution in [1.82, 2.24) is 0 Å². The molecule has 0 radical (unpaired) electrons. The van der Waals surface area contributed by atoms with Crippen LogP contribution in [0, 0.1) is 23.7 Å². The Labute approximate surface area is 208 Å². The van der Waals surface area contributed by atoms with Gasteiger partial charge in [-0.25, -0.2) is 4.79 Å². The van der Waals surface area contributed by atoms with Gasteiger partial charge in [-0.3, -0.25) is 19.3 Å². The standard InChI is InChI=1S/C30H25NO5/c32-25(19-10-5-2-6-11-19)17-36-30(35)20-12-7-13-22(14-20)31-28(33)26-21-15-23(18-8-3-1-4-9-18)24(16-21)27(26)29(31)34/h1-14,21,23-24,26-27H,15-17H2/t21-,23+,24-,26+,27+/m1/s1. The molecule has 6 nitrogen and oxygen atoms in total. The topological polar surface area (TPSA) is 80.8 Å². The number of carbonyl (C=O) groups is 4. The number of carbonyl (C=O) groups excluding carboxylic acids is 4. The summed E-state index contributed by atoms with van der Waals surface area (Å²) in [6, 6.07) is 25.2. The van der Waals surface area contributed by atoms with Gasteiger partial charge in [0.05, 0.1) is 23.1 Å². The number of amides is 2. The highest BCUT2D eigenvalue weighted by atomic mass is 16.5. The molecular formula is C30H25NO5. The number of Topliss-reactive ketones (excluding diaryl/α,β-unsaturated/α-hetero) is 1. The van der Waals surface area contributed by atoms with Crippen LogP contribution in [0.3, 0.4) is 0 Å². The lowest BCUT2D eigenvalue weighted by molar-refractivity contribution is -0.123. The van der Waals surface area contributed by atoms with Gasteiger partial charge in [-0.1, -0.05) is 66.7 Å². The normalized spacial score (nSPS) is 26.2. The number of ketones is 1. The lowest BCUT2D eigenvalue weighted by atomic mass is 9.73. The fourth-order valence-electron chi connectivity index (χ4n) is 6.49. The number of benzene rings is 3. The summed E-state index contributed by atoms with van der Waals surface area (Å²) in [5, 5.41) is 0. The molecule has 3 fully saturated rings. The van der Waals surface area contributed by atoms with Gasteiger partial charge in [0.15, 0.2) is 12.4 Å². The summed E-state index contributed by atoms with van der Waals surface area (Å²) in [4.78, 5) is 53.2. The van der Waals surface area contributed by atoms with E-state index < -0.39 is 5.97 Å². The molecule has 0 aromatic heterocycles. The zero-order valence-electron chi connectivity index (χ0n) is 19.6. The molecule has 1 aliphatic heterocycles. The van der Waals surface area contributed by atoms with Crippen LogP contribution in [0.2, 0.25) is 0 Å². The molecule has 6 heteroatoms.